The fourth-order valence-corrected chi connectivity index (χ4v) is 2.72. The number of carbonyl (C=O) groups excluding carboxylic acids is 2. The number of aliphatic carboxylic acids is 1. The summed E-state index contributed by atoms with van der Waals surface area (Å²) in [6.45, 7) is 1.90. The van der Waals surface area contributed by atoms with Gasteiger partial charge in [0.25, 0.3) is 5.91 Å². The number of nitrogens with one attached hydrogen (secondary N) is 1. The van der Waals surface area contributed by atoms with Crippen molar-refractivity contribution >= 4 is 29.5 Å². The Morgan fingerprint density at radius 1 is 1.32 bits per heavy atom. The molecular weight excluding hydrogens is 308 g/mol. The Bertz CT molecular complexity index is 602. The molecule has 1 aliphatic heterocycles. The summed E-state index contributed by atoms with van der Waals surface area (Å²) in [7, 11) is 0. The van der Waals surface area contributed by atoms with Crippen molar-refractivity contribution < 1.29 is 19.5 Å². The smallest absolute Gasteiger partial charge is 0.325 e. The second kappa shape index (κ2) is 6.36. The van der Waals surface area contributed by atoms with E-state index in [0.29, 0.717) is 17.0 Å². The third kappa shape index (κ3) is 2.92. The Labute approximate surface area is 133 Å². The molecule has 7 heteroatoms. The largest absolute Gasteiger partial charge is 0.481 e. The number of rotatable bonds is 6. The van der Waals surface area contributed by atoms with Crippen LogP contribution in [0.2, 0.25) is 5.02 Å². The number of hydrogen-bond acceptors (Lipinski definition) is 3. The van der Waals surface area contributed by atoms with Crippen molar-refractivity contribution in [3.05, 3.63) is 34.9 Å². The summed E-state index contributed by atoms with van der Waals surface area (Å²) >= 11 is 5.86. The molecule has 1 atom stereocenters. The first-order valence-corrected chi connectivity index (χ1v) is 7.40. The third-order valence-electron chi connectivity index (χ3n) is 3.82. The zero-order valence-electron chi connectivity index (χ0n) is 12.1. The number of carbonyl (C=O) groups is 3. The number of amides is 3. The van der Waals surface area contributed by atoms with Gasteiger partial charge < -0.3 is 10.4 Å². The average molecular weight is 325 g/mol. The molecule has 1 heterocycles. The van der Waals surface area contributed by atoms with Gasteiger partial charge in [0, 0.05) is 18.0 Å². The number of nitrogens with zero attached hydrogens (tertiary/aromatic N) is 1. The molecule has 0 radical (unpaired) electrons. The zero-order chi connectivity index (χ0) is 16.3. The number of urea groups is 1. The highest BCUT2D eigenvalue weighted by Crippen LogP contribution is 2.33. The van der Waals surface area contributed by atoms with Gasteiger partial charge in [0.1, 0.15) is 5.54 Å². The van der Waals surface area contributed by atoms with E-state index in [0.717, 1.165) is 4.90 Å². The molecule has 0 bridgehead atoms. The van der Waals surface area contributed by atoms with Crippen LogP contribution in [-0.4, -0.2) is 34.5 Å². The molecule has 22 heavy (non-hydrogen) atoms. The number of halogens is 1. The van der Waals surface area contributed by atoms with E-state index in [9.17, 15) is 14.4 Å². The fraction of sp³-hybridized carbons (Fsp3) is 0.400. The first kappa shape index (κ1) is 16.3. The molecule has 6 nitrogen and oxygen atoms in total. The van der Waals surface area contributed by atoms with Crippen molar-refractivity contribution in [1.29, 1.82) is 0 Å². The monoisotopic (exact) mass is 324 g/mol. The number of imide groups is 1. The van der Waals surface area contributed by atoms with Crippen LogP contribution in [0.3, 0.4) is 0 Å². The summed E-state index contributed by atoms with van der Waals surface area (Å²) in [6, 6.07) is 6.27. The lowest BCUT2D eigenvalue weighted by Crippen LogP contribution is -2.43. The highest BCUT2D eigenvalue weighted by molar-refractivity contribution is 6.30. The lowest BCUT2D eigenvalue weighted by atomic mass is 9.87. The number of hydrogen-bond donors (Lipinski definition) is 2. The van der Waals surface area contributed by atoms with Gasteiger partial charge in [-0.3, -0.25) is 14.5 Å². The van der Waals surface area contributed by atoms with E-state index in [1.165, 1.54) is 0 Å². The highest BCUT2D eigenvalue weighted by atomic mass is 35.5. The van der Waals surface area contributed by atoms with Crippen LogP contribution in [0.25, 0.3) is 0 Å². The van der Waals surface area contributed by atoms with Crippen LogP contribution < -0.4 is 5.32 Å². The molecule has 0 saturated carbocycles. The second-order valence-electron chi connectivity index (χ2n) is 5.15. The SMILES string of the molecule is CCC1(c2ccc(Cl)cc2)NC(=O)N(CCCC(=O)O)C1=O. The molecular formula is C15H17ClN2O4. The van der Waals surface area contributed by atoms with Gasteiger partial charge in [-0.1, -0.05) is 30.7 Å². The summed E-state index contributed by atoms with van der Waals surface area (Å²) in [4.78, 5) is 36.4. The van der Waals surface area contributed by atoms with Gasteiger partial charge in [-0.2, -0.15) is 0 Å². The molecule has 1 aromatic carbocycles. The minimum atomic E-state index is -1.11. The van der Waals surface area contributed by atoms with Gasteiger partial charge in [-0.15, -0.1) is 0 Å². The van der Waals surface area contributed by atoms with E-state index in [2.05, 4.69) is 5.32 Å². The maximum atomic E-state index is 12.7. The molecule has 3 amide bonds. The normalized spacial score (nSPS) is 21.1. The Morgan fingerprint density at radius 2 is 1.95 bits per heavy atom. The van der Waals surface area contributed by atoms with Gasteiger partial charge in [0.2, 0.25) is 0 Å². The molecule has 0 aromatic heterocycles. The molecule has 2 N–H and O–H groups in total. The van der Waals surface area contributed by atoms with Gasteiger partial charge in [0.05, 0.1) is 0 Å². The van der Waals surface area contributed by atoms with Crippen molar-refractivity contribution in [1.82, 2.24) is 10.2 Å². The molecule has 0 aliphatic carbocycles. The maximum absolute atomic E-state index is 12.7. The maximum Gasteiger partial charge on any atom is 0.325 e. The molecule has 2 rings (SSSR count). The van der Waals surface area contributed by atoms with E-state index < -0.39 is 17.5 Å². The van der Waals surface area contributed by atoms with Crippen LogP contribution in [0.1, 0.15) is 31.7 Å². The van der Waals surface area contributed by atoms with Crippen LogP contribution in [0.5, 0.6) is 0 Å². The van der Waals surface area contributed by atoms with Crippen molar-refractivity contribution in [3.63, 3.8) is 0 Å². The third-order valence-corrected chi connectivity index (χ3v) is 4.07. The minimum Gasteiger partial charge on any atom is -0.481 e. The number of carboxylic acid groups (broad SMARTS) is 1. The summed E-state index contributed by atoms with van der Waals surface area (Å²) < 4.78 is 0. The topological polar surface area (TPSA) is 86.7 Å². The predicted molar refractivity (Wildman–Crippen MR) is 80.5 cm³/mol. The first-order chi connectivity index (χ1) is 10.4. The number of benzene rings is 1. The van der Waals surface area contributed by atoms with E-state index >= 15 is 0 Å². The molecule has 1 aliphatic rings. The molecule has 0 spiro atoms. The average Bonchev–Trinajstić information content (AvgIpc) is 2.72. The Kier molecular flexibility index (Phi) is 4.71. The molecule has 1 fully saturated rings. The molecule has 118 valence electrons. The van der Waals surface area contributed by atoms with Crippen molar-refractivity contribution in [2.45, 2.75) is 31.7 Å². The predicted octanol–water partition coefficient (Wildman–Crippen LogP) is 2.36. The number of carboxylic acids is 1. The Morgan fingerprint density at radius 3 is 2.50 bits per heavy atom. The van der Waals surface area contributed by atoms with Crippen LogP contribution in [0.15, 0.2) is 24.3 Å². The summed E-state index contributed by atoms with van der Waals surface area (Å²) in [5, 5.41) is 11.9. The van der Waals surface area contributed by atoms with Crippen molar-refractivity contribution in [2.75, 3.05) is 6.54 Å². The Hall–Kier alpha value is -2.08. The van der Waals surface area contributed by atoms with Gasteiger partial charge >= 0.3 is 12.0 Å². The van der Waals surface area contributed by atoms with Crippen LogP contribution in [0.4, 0.5) is 4.79 Å². The van der Waals surface area contributed by atoms with Gasteiger partial charge in [-0.05, 0) is 30.5 Å². The van der Waals surface area contributed by atoms with Gasteiger partial charge in [0.15, 0.2) is 0 Å². The van der Waals surface area contributed by atoms with Crippen LogP contribution in [-0.2, 0) is 15.1 Å². The molecule has 1 saturated heterocycles. The standard InChI is InChI=1S/C15H17ClN2O4/c1-2-15(10-5-7-11(16)8-6-10)13(21)18(14(22)17-15)9-3-4-12(19)20/h5-8H,2-4,9H2,1H3,(H,17,22)(H,19,20). The molecule has 1 unspecified atom stereocenters. The van der Waals surface area contributed by atoms with E-state index in [1.54, 1.807) is 24.3 Å². The zero-order valence-corrected chi connectivity index (χ0v) is 12.9. The van der Waals surface area contributed by atoms with E-state index in [4.69, 9.17) is 16.7 Å². The summed E-state index contributed by atoms with van der Waals surface area (Å²) in [5.74, 6) is -1.31. The first-order valence-electron chi connectivity index (χ1n) is 7.02. The quantitative estimate of drug-likeness (QED) is 0.786. The fourth-order valence-electron chi connectivity index (χ4n) is 2.59. The summed E-state index contributed by atoms with van der Waals surface area (Å²) in [6.07, 6.45) is 0.542. The van der Waals surface area contributed by atoms with E-state index in [1.807, 2.05) is 6.92 Å². The second-order valence-corrected chi connectivity index (χ2v) is 5.59. The summed E-state index contributed by atoms with van der Waals surface area (Å²) in [5.41, 5.74) is -0.441. The van der Waals surface area contributed by atoms with E-state index in [-0.39, 0.29) is 25.3 Å². The van der Waals surface area contributed by atoms with Crippen molar-refractivity contribution in [2.24, 2.45) is 0 Å². The lowest BCUT2D eigenvalue weighted by molar-refractivity contribution is -0.138. The molecule has 1 aromatic rings. The highest BCUT2D eigenvalue weighted by Gasteiger charge is 2.50. The van der Waals surface area contributed by atoms with Crippen molar-refractivity contribution in [3.8, 4) is 0 Å². The minimum absolute atomic E-state index is 0.0862. The van der Waals surface area contributed by atoms with Gasteiger partial charge in [-0.25, -0.2) is 4.79 Å². The lowest BCUT2D eigenvalue weighted by Gasteiger charge is -2.25. The Balaban J connectivity index is 2.23. The van der Waals surface area contributed by atoms with Crippen LogP contribution in [0, 0.1) is 0 Å². The van der Waals surface area contributed by atoms with Crippen LogP contribution >= 0.6 is 11.6 Å².